The van der Waals surface area contributed by atoms with E-state index in [1.54, 1.807) is 0 Å². The summed E-state index contributed by atoms with van der Waals surface area (Å²) in [5.74, 6) is 0.00264. The third-order valence-electron chi connectivity index (χ3n) is 4.31. The van der Waals surface area contributed by atoms with Crippen molar-refractivity contribution in [3.8, 4) is 0 Å². The predicted molar refractivity (Wildman–Crippen MR) is 80.8 cm³/mol. The van der Waals surface area contributed by atoms with E-state index in [-0.39, 0.29) is 23.5 Å². The molecular weight excluding hydrogens is 268 g/mol. The summed E-state index contributed by atoms with van der Waals surface area (Å²) in [4.78, 5) is 27.4. The number of likely N-dealkylation sites (tertiary alicyclic amines) is 2. The van der Waals surface area contributed by atoms with Crippen molar-refractivity contribution in [2.24, 2.45) is 5.41 Å². The molecule has 2 aliphatic rings. The summed E-state index contributed by atoms with van der Waals surface area (Å²) in [5, 5.41) is 0. The molecule has 0 radical (unpaired) electrons. The average Bonchev–Trinajstić information content (AvgIpc) is 2.32. The van der Waals surface area contributed by atoms with Crippen molar-refractivity contribution in [2.75, 3.05) is 19.6 Å². The minimum atomic E-state index is -0.463. The van der Waals surface area contributed by atoms with Crippen LogP contribution in [0.1, 0.15) is 40.5 Å². The maximum absolute atomic E-state index is 12.2. The second-order valence-corrected chi connectivity index (χ2v) is 7.38. The zero-order chi connectivity index (χ0) is 15.8. The van der Waals surface area contributed by atoms with Gasteiger partial charge in [0.15, 0.2) is 0 Å². The molecule has 0 aromatic rings. The molecule has 118 valence electrons. The molecule has 0 aromatic heterocycles. The Balaban J connectivity index is 1.90. The fourth-order valence-corrected chi connectivity index (χ4v) is 3.34. The number of ether oxygens (including phenoxy) is 1. The first-order chi connectivity index (χ1) is 9.66. The Morgan fingerprint density at radius 1 is 1.33 bits per heavy atom. The lowest BCUT2D eigenvalue weighted by Crippen LogP contribution is -2.63. The van der Waals surface area contributed by atoms with Crippen LogP contribution in [0, 0.1) is 5.41 Å². The molecule has 2 aliphatic heterocycles. The zero-order valence-electron chi connectivity index (χ0n) is 13.5. The van der Waals surface area contributed by atoms with E-state index in [2.05, 4.69) is 13.5 Å². The molecule has 2 amide bonds. The van der Waals surface area contributed by atoms with E-state index >= 15 is 0 Å². The normalized spacial score (nSPS) is 24.5. The van der Waals surface area contributed by atoms with E-state index in [1.165, 1.54) is 6.08 Å². The first-order valence-corrected chi connectivity index (χ1v) is 7.57. The lowest BCUT2D eigenvalue weighted by molar-refractivity contribution is -0.142. The Hall–Kier alpha value is -1.52. The number of rotatable bonds is 1. The maximum Gasteiger partial charge on any atom is 0.410 e. The van der Waals surface area contributed by atoms with E-state index < -0.39 is 5.60 Å². The van der Waals surface area contributed by atoms with Crippen LogP contribution in [-0.2, 0) is 9.53 Å². The van der Waals surface area contributed by atoms with Crippen molar-refractivity contribution in [1.29, 1.82) is 0 Å². The van der Waals surface area contributed by atoms with Crippen LogP contribution in [0.15, 0.2) is 12.7 Å². The Bertz CT molecular complexity index is 447. The lowest BCUT2D eigenvalue weighted by Gasteiger charge is -2.55. The number of carbonyl (C=O) groups excluding carboxylic acids is 2. The highest BCUT2D eigenvalue weighted by molar-refractivity contribution is 5.87. The lowest BCUT2D eigenvalue weighted by atomic mass is 9.70. The number of nitrogens with zero attached hydrogens (tertiary/aromatic N) is 2. The first-order valence-electron chi connectivity index (χ1n) is 7.57. The highest BCUT2D eigenvalue weighted by Gasteiger charge is 2.49. The largest absolute Gasteiger partial charge is 0.444 e. The van der Waals surface area contributed by atoms with Crippen LogP contribution in [-0.4, -0.2) is 53.1 Å². The van der Waals surface area contributed by atoms with E-state index in [4.69, 9.17) is 4.74 Å². The molecule has 0 unspecified atom stereocenters. The van der Waals surface area contributed by atoms with Gasteiger partial charge in [-0.3, -0.25) is 4.79 Å². The summed E-state index contributed by atoms with van der Waals surface area (Å²) in [5.41, 5.74) is -0.286. The second kappa shape index (κ2) is 5.35. The molecule has 21 heavy (non-hydrogen) atoms. The molecule has 5 heteroatoms. The molecule has 1 atom stereocenters. The fourth-order valence-electron chi connectivity index (χ4n) is 3.34. The molecule has 5 nitrogen and oxygen atoms in total. The average molecular weight is 294 g/mol. The van der Waals surface area contributed by atoms with Crippen molar-refractivity contribution >= 4 is 12.0 Å². The zero-order valence-corrected chi connectivity index (χ0v) is 13.5. The molecule has 0 bridgehead atoms. The molecule has 2 saturated heterocycles. The van der Waals surface area contributed by atoms with Gasteiger partial charge in [-0.25, -0.2) is 4.79 Å². The number of hydrogen-bond acceptors (Lipinski definition) is 3. The summed E-state index contributed by atoms with van der Waals surface area (Å²) < 4.78 is 5.45. The highest BCUT2D eigenvalue weighted by Crippen LogP contribution is 2.43. The van der Waals surface area contributed by atoms with Gasteiger partial charge >= 0.3 is 6.09 Å². The number of hydrogen-bond donors (Lipinski definition) is 0. The van der Waals surface area contributed by atoms with Gasteiger partial charge in [0.2, 0.25) is 5.91 Å². The van der Waals surface area contributed by atoms with Crippen LogP contribution >= 0.6 is 0 Å². The summed E-state index contributed by atoms with van der Waals surface area (Å²) in [6.45, 7) is 13.5. The van der Waals surface area contributed by atoms with Gasteiger partial charge in [-0.15, -0.1) is 0 Å². The van der Waals surface area contributed by atoms with Gasteiger partial charge in [-0.05, 0) is 46.6 Å². The summed E-state index contributed by atoms with van der Waals surface area (Å²) >= 11 is 0. The van der Waals surface area contributed by atoms with Crippen LogP contribution in [0.3, 0.4) is 0 Å². The maximum atomic E-state index is 12.2. The molecule has 0 aliphatic carbocycles. The summed E-state index contributed by atoms with van der Waals surface area (Å²) in [6, 6.07) is 0.148. The van der Waals surface area contributed by atoms with Crippen molar-refractivity contribution in [3.63, 3.8) is 0 Å². The number of piperidine rings is 1. The van der Waals surface area contributed by atoms with Crippen molar-refractivity contribution in [2.45, 2.75) is 52.2 Å². The molecule has 2 fully saturated rings. The van der Waals surface area contributed by atoms with Gasteiger partial charge in [-0.2, -0.15) is 0 Å². The minimum absolute atomic E-state index is 0.00264. The first kappa shape index (κ1) is 15.9. The van der Waals surface area contributed by atoms with E-state index in [0.717, 1.165) is 25.9 Å². The monoisotopic (exact) mass is 294 g/mol. The fraction of sp³-hybridized carbons (Fsp3) is 0.750. The Labute approximate surface area is 126 Å². The van der Waals surface area contributed by atoms with Crippen LogP contribution in [0.25, 0.3) is 0 Å². The molecule has 2 heterocycles. The van der Waals surface area contributed by atoms with Crippen LogP contribution in [0.2, 0.25) is 0 Å². The molecule has 0 N–H and O–H groups in total. The summed E-state index contributed by atoms with van der Waals surface area (Å²) in [6.07, 6.45) is 2.99. The van der Waals surface area contributed by atoms with E-state index in [0.29, 0.717) is 6.54 Å². The Morgan fingerprint density at radius 2 is 1.95 bits per heavy atom. The van der Waals surface area contributed by atoms with E-state index in [1.807, 2.05) is 30.6 Å². The topological polar surface area (TPSA) is 49.9 Å². The predicted octanol–water partition coefficient (Wildman–Crippen LogP) is 2.42. The second-order valence-electron chi connectivity index (χ2n) is 7.38. The third-order valence-corrected chi connectivity index (χ3v) is 4.31. The summed E-state index contributed by atoms with van der Waals surface area (Å²) in [7, 11) is 0. The van der Waals surface area contributed by atoms with Gasteiger partial charge < -0.3 is 14.5 Å². The molecule has 2 rings (SSSR count). The van der Waals surface area contributed by atoms with Crippen LogP contribution in [0.4, 0.5) is 4.79 Å². The highest BCUT2D eigenvalue weighted by atomic mass is 16.6. The van der Waals surface area contributed by atoms with Gasteiger partial charge in [0.25, 0.3) is 0 Å². The quantitative estimate of drug-likeness (QED) is 0.698. The van der Waals surface area contributed by atoms with Gasteiger partial charge in [0, 0.05) is 31.1 Å². The van der Waals surface area contributed by atoms with Crippen molar-refractivity contribution < 1.29 is 14.3 Å². The van der Waals surface area contributed by atoms with Crippen molar-refractivity contribution in [3.05, 3.63) is 12.7 Å². The standard InChI is InChI=1S/C16H26N2O3/c1-6-13(19)17-10-16(11-17)7-8-18(12(2)9-16)14(20)21-15(3,4)5/h6,12H,1,7-11H2,2-5H3/t12-/m0/s1. The number of amides is 2. The Morgan fingerprint density at radius 3 is 2.43 bits per heavy atom. The van der Waals surface area contributed by atoms with Gasteiger partial charge in [0.1, 0.15) is 5.60 Å². The molecule has 0 saturated carbocycles. The van der Waals surface area contributed by atoms with Crippen LogP contribution < -0.4 is 0 Å². The molecule has 0 aromatic carbocycles. The third kappa shape index (κ3) is 3.39. The van der Waals surface area contributed by atoms with Gasteiger partial charge in [-0.1, -0.05) is 6.58 Å². The Kier molecular flexibility index (Phi) is 4.04. The van der Waals surface area contributed by atoms with Gasteiger partial charge in [0.05, 0.1) is 0 Å². The molecule has 1 spiro atoms. The smallest absolute Gasteiger partial charge is 0.410 e. The van der Waals surface area contributed by atoms with Crippen LogP contribution in [0.5, 0.6) is 0 Å². The SMILES string of the molecule is C=CC(=O)N1CC2(CCN(C(=O)OC(C)(C)C)[C@@H](C)C2)C1. The van der Waals surface area contributed by atoms with E-state index in [9.17, 15) is 9.59 Å². The molecular formula is C16H26N2O3. The minimum Gasteiger partial charge on any atom is -0.444 e. The van der Waals surface area contributed by atoms with Crippen molar-refractivity contribution in [1.82, 2.24) is 9.80 Å². The number of carbonyl (C=O) groups is 2.